The summed E-state index contributed by atoms with van der Waals surface area (Å²) in [7, 11) is 1.66. The van der Waals surface area contributed by atoms with Crippen molar-refractivity contribution in [2.24, 2.45) is 0 Å². The third-order valence-electron chi connectivity index (χ3n) is 2.78. The smallest absolute Gasteiger partial charge is 0.119 e. The summed E-state index contributed by atoms with van der Waals surface area (Å²) in [5, 5.41) is 10.9. The van der Waals surface area contributed by atoms with Crippen LogP contribution < -0.4 is 4.74 Å². The van der Waals surface area contributed by atoms with Gasteiger partial charge in [-0.2, -0.15) is 5.26 Å². The number of rotatable bonds is 2. The Morgan fingerprint density at radius 3 is 2.59 bits per heavy atom. The van der Waals surface area contributed by atoms with Gasteiger partial charge in [0.05, 0.1) is 13.2 Å². The SMILES string of the molecule is COc1ccc2cc(C(C)=CC#N)ccc2c1. The first-order valence-corrected chi connectivity index (χ1v) is 5.39. The van der Waals surface area contributed by atoms with E-state index in [1.54, 1.807) is 13.2 Å². The van der Waals surface area contributed by atoms with Crippen LogP contribution in [0.25, 0.3) is 16.3 Å². The van der Waals surface area contributed by atoms with E-state index in [2.05, 4.69) is 12.1 Å². The van der Waals surface area contributed by atoms with Gasteiger partial charge in [-0.05, 0) is 47.0 Å². The first-order chi connectivity index (χ1) is 8.24. The Labute approximate surface area is 101 Å². The molecule has 0 atom stereocenters. The van der Waals surface area contributed by atoms with Crippen LogP contribution in [0.15, 0.2) is 42.5 Å². The number of methoxy groups -OCH3 is 1. The number of ether oxygens (including phenoxy) is 1. The third-order valence-corrected chi connectivity index (χ3v) is 2.78. The molecule has 17 heavy (non-hydrogen) atoms. The molecule has 2 rings (SSSR count). The molecular weight excluding hydrogens is 210 g/mol. The van der Waals surface area contributed by atoms with Crippen LogP contribution in [0.5, 0.6) is 5.75 Å². The first-order valence-electron chi connectivity index (χ1n) is 5.39. The van der Waals surface area contributed by atoms with Crippen molar-refractivity contribution in [1.29, 1.82) is 5.26 Å². The lowest BCUT2D eigenvalue weighted by atomic mass is 10.0. The normalized spacial score (nSPS) is 11.2. The molecule has 0 saturated carbocycles. The fraction of sp³-hybridized carbons (Fsp3) is 0.133. The molecule has 2 heteroatoms. The highest BCUT2D eigenvalue weighted by Gasteiger charge is 2.00. The zero-order valence-corrected chi connectivity index (χ0v) is 9.90. The molecule has 2 aromatic carbocycles. The van der Waals surface area contributed by atoms with Crippen LogP contribution >= 0.6 is 0 Å². The van der Waals surface area contributed by atoms with Crippen molar-refractivity contribution in [3.8, 4) is 11.8 Å². The Morgan fingerprint density at radius 2 is 1.88 bits per heavy atom. The number of hydrogen-bond donors (Lipinski definition) is 0. The summed E-state index contributed by atoms with van der Waals surface area (Å²) in [6, 6.07) is 14.2. The molecule has 0 aliphatic carbocycles. The van der Waals surface area contributed by atoms with E-state index in [1.807, 2.05) is 37.3 Å². The van der Waals surface area contributed by atoms with Gasteiger partial charge in [0, 0.05) is 6.08 Å². The highest BCUT2D eigenvalue weighted by atomic mass is 16.5. The molecule has 0 N–H and O–H groups in total. The minimum absolute atomic E-state index is 0.856. The van der Waals surface area contributed by atoms with Gasteiger partial charge in [-0.1, -0.05) is 18.2 Å². The molecular formula is C15H13NO. The largest absolute Gasteiger partial charge is 0.497 e. The third kappa shape index (κ3) is 2.29. The molecule has 0 amide bonds. The summed E-state index contributed by atoms with van der Waals surface area (Å²) in [5.41, 5.74) is 2.05. The Bertz CT molecular complexity index is 620. The van der Waals surface area contributed by atoms with Gasteiger partial charge in [0.25, 0.3) is 0 Å². The van der Waals surface area contributed by atoms with Gasteiger partial charge < -0.3 is 4.74 Å². The van der Waals surface area contributed by atoms with Gasteiger partial charge in [-0.15, -0.1) is 0 Å². The summed E-state index contributed by atoms with van der Waals surface area (Å²) in [6.45, 7) is 1.94. The monoisotopic (exact) mass is 223 g/mol. The second-order valence-electron chi connectivity index (χ2n) is 3.88. The number of nitriles is 1. The molecule has 0 aromatic heterocycles. The van der Waals surface area contributed by atoms with Crippen LogP contribution in [-0.2, 0) is 0 Å². The number of allylic oxidation sites excluding steroid dienone is 2. The number of nitrogens with zero attached hydrogens (tertiary/aromatic N) is 1. The summed E-state index contributed by atoms with van der Waals surface area (Å²) >= 11 is 0. The van der Waals surface area contributed by atoms with Crippen LogP contribution in [0.4, 0.5) is 0 Å². The molecule has 0 saturated heterocycles. The fourth-order valence-electron chi connectivity index (χ4n) is 1.78. The van der Waals surface area contributed by atoms with E-state index in [1.165, 1.54) is 0 Å². The lowest BCUT2D eigenvalue weighted by Gasteiger charge is -2.05. The first kappa shape index (κ1) is 11.2. The molecule has 2 aromatic rings. The molecule has 0 unspecified atom stereocenters. The number of benzene rings is 2. The van der Waals surface area contributed by atoms with Crippen molar-refractivity contribution < 1.29 is 4.74 Å². The maximum Gasteiger partial charge on any atom is 0.119 e. The molecule has 0 heterocycles. The van der Waals surface area contributed by atoms with Gasteiger partial charge in [0.2, 0.25) is 0 Å². The summed E-state index contributed by atoms with van der Waals surface area (Å²) in [6.07, 6.45) is 1.56. The van der Waals surface area contributed by atoms with E-state index in [0.717, 1.165) is 27.7 Å². The van der Waals surface area contributed by atoms with E-state index >= 15 is 0 Å². The minimum atomic E-state index is 0.856. The van der Waals surface area contributed by atoms with Gasteiger partial charge in [-0.3, -0.25) is 0 Å². The Morgan fingerprint density at radius 1 is 1.18 bits per heavy atom. The molecule has 0 radical (unpaired) electrons. The maximum absolute atomic E-state index is 8.64. The molecule has 2 nitrogen and oxygen atoms in total. The van der Waals surface area contributed by atoms with E-state index in [-0.39, 0.29) is 0 Å². The van der Waals surface area contributed by atoms with E-state index in [4.69, 9.17) is 10.00 Å². The summed E-state index contributed by atoms with van der Waals surface area (Å²) < 4.78 is 5.18. The topological polar surface area (TPSA) is 33.0 Å². The van der Waals surface area contributed by atoms with Crippen molar-refractivity contribution in [1.82, 2.24) is 0 Å². The number of hydrogen-bond acceptors (Lipinski definition) is 2. The highest BCUT2D eigenvalue weighted by Crippen LogP contribution is 2.24. The molecule has 0 aliphatic heterocycles. The van der Waals surface area contributed by atoms with Crippen molar-refractivity contribution in [2.75, 3.05) is 7.11 Å². The van der Waals surface area contributed by atoms with Crippen LogP contribution in [0.2, 0.25) is 0 Å². The number of fused-ring (bicyclic) bond motifs is 1. The quantitative estimate of drug-likeness (QED) is 0.726. The standard InChI is InChI=1S/C15H13NO/c1-11(7-8-16)12-3-4-14-10-15(17-2)6-5-13(14)9-12/h3-7,9-10H,1-2H3. The van der Waals surface area contributed by atoms with Gasteiger partial charge in [0.15, 0.2) is 0 Å². The van der Waals surface area contributed by atoms with Crippen molar-refractivity contribution in [2.45, 2.75) is 6.92 Å². The van der Waals surface area contributed by atoms with Crippen molar-refractivity contribution in [3.05, 3.63) is 48.0 Å². The van der Waals surface area contributed by atoms with Crippen molar-refractivity contribution in [3.63, 3.8) is 0 Å². The van der Waals surface area contributed by atoms with Crippen molar-refractivity contribution >= 4 is 16.3 Å². The van der Waals surface area contributed by atoms with Gasteiger partial charge in [0.1, 0.15) is 5.75 Å². The highest BCUT2D eigenvalue weighted by molar-refractivity contribution is 5.87. The predicted octanol–water partition coefficient (Wildman–Crippen LogP) is 3.78. The lowest BCUT2D eigenvalue weighted by molar-refractivity contribution is 0.415. The second-order valence-corrected chi connectivity index (χ2v) is 3.88. The average Bonchev–Trinajstić information content (AvgIpc) is 2.37. The Hall–Kier alpha value is -2.27. The molecule has 0 spiro atoms. The Kier molecular flexibility index (Phi) is 3.11. The maximum atomic E-state index is 8.64. The summed E-state index contributed by atoms with van der Waals surface area (Å²) in [5.74, 6) is 0.856. The molecule has 0 aliphatic rings. The van der Waals surface area contributed by atoms with Crippen LogP contribution in [0.3, 0.4) is 0 Å². The summed E-state index contributed by atoms with van der Waals surface area (Å²) in [4.78, 5) is 0. The average molecular weight is 223 g/mol. The fourth-order valence-corrected chi connectivity index (χ4v) is 1.78. The van der Waals surface area contributed by atoms with Gasteiger partial charge in [-0.25, -0.2) is 0 Å². The Balaban J connectivity index is 2.53. The molecule has 0 fully saturated rings. The zero-order valence-electron chi connectivity index (χ0n) is 9.90. The lowest BCUT2D eigenvalue weighted by Crippen LogP contribution is -1.84. The molecule has 84 valence electrons. The van der Waals surface area contributed by atoms with Crippen LogP contribution in [0.1, 0.15) is 12.5 Å². The minimum Gasteiger partial charge on any atom is -0.497 e. The van der Waals surface area contributed by atoms with E-state index in [0.29, 0.717) is 0 Å². The zero-order chi connectivity index (χ0) is 12.3. The van der Waals surface area contributed by atoms with E-state index < -0.39 is 0 Å². The van der Waals surface area contributed by atoms with E-state index in [9.17, 15) is 0 Å². The molecule has 0 bridgehead atoms. The van der Waals surface area contributed by atoms with Gasteiger partial charge >= 0.3 is 0 Å². The van der Waals surface area contributed by atoms with Crippen LogP contribution in [0, 0.1) is 11.3 Å². The van der Waals surface area contributed by atoms with Crippen LogP contribution in [-0.4, -0.2) is 7.11 Å². The predicted molar refractivity (Wildman–Crippen MR) is 69.8 cm³/mol. The second kappa shape index (κ2) is 4.71.